The minimum absolute atomic E-state index is 0.160. The van der Waals surface area contributed by atoms with Crippen LogP contribution in [0.1, 0.15) is 77.6 Å². The van der Waals surface area contributed by atoms with E-state index in [1.807, 2.05) is 0 Å². The summed E-state index contributed by atoms with van der Waals surface area (Å²) >= 11 is 0. The van der Waals surface area contributed by atoms with E-state index in [4.69, 9.17) is 18.9 Å². The van der Waals surface area contributed by atoms with E-state index in [0.29, 0.717) is 0 Å². The van der Waals surface area contributed by atoms with Gasteiger partial charge < -0.3 is 29.4 Å². The average Bonchev–Trinajstić information content (AvgIpc) is 3.22. The number of fused-ring (bicyclic) bond motifs is 3. The highest BCUT2D eigenvalue weighted by Crippen LogP contribution is 2.51. The maximum atomic E-state index is 11.2. The fourth-order valence-corrected chi connectivity index (χ4v) is 5.96. The predicted octanol–water partition coefficient (Wildman–Crippen LogP) is 2.62. The maximum Gasteiger partial charge on any atom is 0.169 e. The lowest BCUT2D eigenvalue weighted by Gasteiger charge is -2.41. The first-order chi connectivity index (χ1) is 13.2. The zero-order valence-electron chi connectivity index (χ0n) is 16.5. The predicted molar refractivity (Wildman–Crippen MR) is 99.2 cm³/mol. The normalized spacial score (nSPS) is 45.1. The van der Waals surface area contributed by atoms with Crippen LogP contribution in [-0.2, 0) is 18.9 Å². The number of rotatable bonds is 3. The zero-order chi connectivity index (χ0) is 18.5. The molecule has 0 unspecified atom stereocenters. The van der Waals surface area contributed by atoms with Crippen LogP contribution >= 0.6 is 0 Å². The Balaban J connectivity index is 1.42. The maximum absolute atomic E-state index is 11.2. The Morgan fingerprint density at radius 2 is 1.22 bits per heavy atom. The summed E-state index contributed by atoms with van der Waals surface area (Å²) in [6.45, 7) is 2.99. The molecule has 0 aromatic carbocycles. The Hall–Kier alpha value is -0.240. The second kappa shape index (κ2) is 7.22. The van der Waals surface area contributed by atoms with E-state index in [9.17, 15) is 5.11 Å². The van der Waals surface area contributed by atoms with E-state index in [2.05, 4.69) is 12.2 Å². The van der Waals surface area contributed by atoms with Gasteiger partial charge in [0.1, 0.15) is 30.5 Å². The Bertz CT molecular complexity index is 519. The van der Waals surface area contributed by atoms with E-state index in [1.54, 1.807) is 0 Å². The van der Waals surface area contributed by atoms with Crippen LogP contribution < -0.4 is 5.32 Å². The van der Waals surface area contributed by atoms with E-state index in [-0.39, 0.29) is 30.5 Å². The van der Waals surface area contributed by atoms with Crippen LogP contribution in [0, 0.1) is 0 Å². The molecule has 2 N–H and O–H groups in total. The first-order valence-corrected chi connectivity index (χ1v) is 11.3. The molecule has 5 aliphatic rings. The first-order valence-electron chi connectivity index (χ1n) is 11.3. The number of aliphatic hydroxyl groups excluding tert-OH is 1. The van der Waals surface area contributed by atoms with Gasteiger partial charge in [0, 0.05) is 25.7 Å². The van der Waals surface area contributed by atoms with Crippen molar-refractivity contribution in [2.45, 2.75) is 126 Å². The van der Waals surface area contributed by atoms with Crippen LogP contribution in [0.4, 0.5) is 0 Å². The second-order valence-corrected chi connectivity index (χ2v) is 9.24. The number of hydrogen-bond acceptors (Lipinski definition) is 6. The fourth-order valence-electron chi connectivity index (χ4n) is 5.96. The molecule has 2 saturated heterocycles. The largest absolute Gasteiger partial charge is 0.389 e. The highest BCUT2D eigenvalue weighted by atomic mass is 16.8. The summed E-state index contributed by atoms with van der Waals surface area (Å²) in [6.07, 6.45) is 10.2. The van der Waals surface area contributed by atoms with Crippen molar-refractivity contribution in [1.29, 1.82) is 0 Å². The van der Waals surface area contributed by atoms with E-state index in [1.165, 1.54) is 12.8 Å². The molecular formula is C21H35NO5. The molecule has 154 valence electrons. The summed E-state index contributed by atoms with van der Waals surface area (Å²) in [4.78, 5) is 0. The molecule has 0 radical (unpaired) electrons. The fraction of sp³-hybridized carbons (Fsp3) is 1.00. The van der Waals surface area contributed by atoms with Crippen LogP contribution in [0.15, 0.2) is 0 Å². The molecule has 3 saturated carbocycles. The van der Waals surface area contributed by atoms with Gasteiger partial charge in [-0.25, -0.2) is 0 Å². The van der Waals surface area contributed by atoms with Gasteiger partial charge in [0.25, 0.3) is 0 Å². The molecule has 3 aliphatic carbocycles. The molecule has 0 amide bonds. The lowest BCUT2D eigenvalue weighted by molar-refractivity contribution is -0.221. The Labute approximate surface area is 162 Å². The van der Waals surface area contributed by atoms with Gasteiger partial charge in [-0.2, -0.15) is 0 Å². The van der Waals surface area contributed by atoms with Crippen LogP contribution in [0.5, 0.6) is 0 Å². The van der Waals surface area contributed by atoms with Crippen molar-refractivity contribution in [2.24, 2.45) is 0 Å². The quantitative estimate of drug-likeness (QED) is 0.783. The Kier molecular flexibility index (Phi) is 5.02. The topological polar surface area (TPSA) is 69.2 Å². The van der Waals surface area contributed by atoms with Gasteiger partial charge in [-0.1, -0.05) is 19.8 Å². The van der Waals surface area contributed by atoms with Crippen molar-refractivity contribution in [3.05, 3.63) is 0 Å². The summed E-state index contributed by atoms with van der Waals surface area (Å²) < 4.78 is 26.2. The first kappa shape index (κ1) is 18.8. The second-order valence-electron chi connectivity index (χ2n) is 9.24. The minimum atomic E-state index is -0.633. The summed E-state index contributed by atoms with van der Waals surface area (Å²) in [5, 5.41) is 14.7. The van der Waals surface area contributed by atoms with Gasteiger partial charge in [-0.15, -0.1) is 0 Å². The molecule has 5 rings (SSSR count). The molecule has 6 heteroatoms. The molecule has 6 nitrogen and oxygen atoms in total. The number of ether oxygens (including phenoxy) is 4. The minimum Gasteiger partial charge on any atom is -0.389 e. The molecule has 2 heterocycles. The standard InChI is InChI=1S/C21H35NO5/c1-2-13-22-14-15(23)17-19(27-21(25-17)11-7-4-8-12-21)18-16(14)24-20(26-18)9-5-3-6-10-20/h14-19,22-23H,2-13H2,1H3/t14-,15+,16-,17-,18-,19-/m0/s1. The molecule has 2 spiro atoms. The lowest BCUT2D eigenvalue weighted by Crippen LogP contribution is -2.65. The summed E-state index contributed by atoms with van der Waals surface area (Å²) in [5.74, 6) is -1.01. The van der Waals surface area contributed by atoms with Crippen molar-refractivity contribution in [2.75, 3.05) is 6.54 Å². The summed E-state index contributed by atoms with van der Waals surface area (Å²) in [5.41, 5.74) is 0. The monoisotopic (exact) mass is 381 g/mol. The van der Waals surface area contributed by atoms with Crippen molar-refractivity contribution in [3.8, 4) is 0 Å². The van der Waals surface area contributed by atoms with Gasteiger partial charge in [0.2, 0.25) is 0 Å². The van der Waals surface area contributed by atoms with Crippen molar-refractivity contribution in [3.63, 3.8) is 0 Å². The van der Waals surface area contributed by atoms with E-state index < -0.39 is 17.7 Å². The summed E-state index contributed by atoms with van der Waals surface area (Å²) in [6, 6.07) is -0.167. The molecule has 2 aliphatic heterocycles. The lowest BCUT2D eigenvalue weighted by atomic mass is 9.83. The highest BCUT2D eigenvalue weighted by Gasteiger charge is 2.65. The molecular weight excluding hydrogens is 346 g/mol. The number of nitrogens with one attached hydrogen (secondary N) is 1. The molecule has 6 atom stereocenters. The third kappa shape index (κ3) is 3.17. The van der Waals surface area contributed by atoms with Crippen LogP contribution in [0.25, 0.3) is 0 Å². The third-order valence-corrected chi connectivity index (χ3v) is 7.29. The van der Waals surface area contributed by atoms with Crippen LogP contribution in [0.3, 0.4) is 0 Å². The molecule has 0 aromatic rings. The van der Waals surface area contributed by atoms with Crippen molar-refractivity contribution in [1.82, 2.24) is 5.32 Å². The van der Waals surface area contributed by atoms with Gasteiger partial charge in [-0.05, 0) is 38.6 Å². The smallest absolute Gasteiger partial charge is 0.169 e. The Morgan fingerprint density at radius 3 is 1.78 bits per heavy atom. The van der Waals surface area contributed by atoms with Crippen LogP contribution in [-0.4, -0.2) is 59.8 Å². The molecule has 0 bridgehead atoms. The van der Waals surface area contributed by atoms with Gasteiger partial charge in [0.05, 0.1) is 6.04 Å². The van der Waals surface area contributed by atoms with E-state index in [0.717, 1.165) is 64.3 Å². The molecule has 0 aromatic heterocycles. The van der Waals surface area contributed by atoms with Gasteiger partial charge in [0.15, 0.2) is 11.6 Å². The number of hydrogen-bond donors (Lipinski definition) is 2. The summed E-state index contributed by atoms with van der Waals surface area (Å²) in [7, 11) is 0. The third-order valence-electron chi connectivity index (χ3n) is 7.29. The van der Waals surface area contributed by atoms with Gasteiger partial charge >= 0.3 is 0 Å². The Morgan fingerprint density at radius 1 is 0.741 bits per heavy atom. The SMILES string of the molecule is CCCN[C@H]1[C@@H](O)[C@@H]2OC3(CCCCC3)O[C@@H]2[C@H]2OC3(CCCCC3)O[C@@H]12. The van der Waals surface area contributed by atoms with E-state index >= 15 is 0 Å². The molecule has 5 fully saturated rings. The van der Waals surface area contributed by atoms with Crippen LogP contribution in [0.2, 0.25) is 0 Å². The van der Waals surface area contributed by atoms with Crippen molar-refractivity contribution < 1.29 is 24.1 Å². The van der Waals surface area contributed by atoms with Crippen molar-refractivity contribution >= 4 is 0 Å². The average molecular weight is 382 g/mol. The van der Waals surface area contributed by atoms with Gasteiger partial charge in [-0.3, -0.25) is 0 Å². The number of aliphatic hydroxyl groups is 1. The zero-order valence-corrected chi connectivity index (χ0v) is 16.5. The highest BCUT2D eigenvalue weighted by molar-refractivity contribution is 5.11. The molecule has 27 heavy (non-hydrogen) atoms.